The molecule has 2 rings (SSSR count). The van der Waals surface area contributed by atoms with Gasteiger partial charge in [0.05, 0.1) is 0 Å². The topological polar surface area (TPSA) is 86.7 Å². The number of hydrogen-bond acceptors (Lipinski definition) is 4. The van der Waals surface area contributed by atoms with Crippen LogP contribution in [0.2, 0.25) is 0 Å². The fraction of sp³-hybridized carbons (Fsp3) is 0.429. The Balaban J connectivity index is 0.00000392. The van der Waals surface area contributed by atoms with Gasteiger partial charge >= 0.3 is 29.6 Å². The summed E-state index contributed by atoms with van der Waals surface area (Å²) >= 11 is 0. The SMILES string of the molecule is CCCCCCCCCc1ccc(Oc2cccc([O-])c2)c(S(=O)(=O)O)c1.[Na+]. The van der Waals surface area contributed by atoms with Crippen molar-refractivity contribution in [2.45, 2.75) is 63.2 Å². The predicted octanol–water partition coefficient (Wildman–Crippen LogP) is 2.10. The molecular weight excluding hydrogens is 387 g/mol. The Labute approximate surface area is 190 Å². The number of benzene rings is 2. The van der Waals surface area contributed by atoms with Gasteiger partial charge in [0, 0.05) is 0 Å². The second-order valence-corrected chi connectivity index (χ2v) is 8.09. The summed E-state index contributed by atoms with van der Waals surface area (Å²) in [5.41, 5.74) is 0.834. The van der Waals surface area contributed by atoms with Crippen LogP contribution in [0.4, 0.5) is 0 Å². The van der Waals surface area contributed by atoms with E-state index in [4.69, 9.17) is 4.74 Å². The molecule has 2 aromatic rings. The van der Waals surface area contributed by atoms with Crippen molar-refractivity contribution in [1.82, 2.24) is 0 Å². The molecule has 0 amide bonds. The maximum Gasteiger partial charge on any atom is 1.00 e. The Hall–Kier alpha value is -1.05. The van der Waals surface area contributed by atoms with E-state index in [-0.39, 0.29) is 51.7 Å². The predicted molar refractivity (Wildman–Crippen MR) is 104 cm³/mol. The number of hydrogen-bond donors (Lipinski definition) is 1. The van der Waals surface area contributed by atoms with Crippen molar-refractivity contribution < 1.29 is 52.4 Å². The summed E-state index contributed by atoms with van der Waals surface area (Å²) in [6.07, 6.45) is 8.98. The first-order chi connectivity index (χ1) is 12.9. The van der Waals surface area contributed by atoms with E-state index in [1.165, 1.54) is 62.4 Å². The van der Waals surface area contributed by atoms with Gasteiger partial charge < -0.3 is 9.84 Å². The molecule has 28 heavy (non-hydrogen) atoms. The zero-order valence-electron chi connectivity index (χ0n) is 16.7. The molecule has 0 aliphatic rings. The Kier molecular flexibility index (Phi) is 11.2. The molecule has 0 atom stereocenters. The largest absolute Gasteiger partial charge is 1.00 e. The molecule has 2 aromatic carbocycles. The van der Waals surface area contributed by atoms with Crippen LogP contribution in [0.1, 0.15) is 57.4 Å². The van der Waals surface area contributed by atoms with Gasteiger partial charge in [0.25, 0.3) is 10.1 Å². The third-order valence-electron chi connectivity index (χ3n) is 4.39. The Morgan fingerprint density at radius 3 is 2.29 bits per heavy atom. The molecule has 0 unspecified atom stereocenters. The van der Waals surface area contributed by atoms with Gasteiger partial charge in [-0.2, -0.15) is 8.42 Å². The number of aryl methyl sites for hydroxylation is 1. The molecule has 0 saturated carbocycles. The minimum atomic E-state index is -4.43. The molecule has 0 aliphatic heterocycles. The van der Waals surface area contributed by atoms with Crippen LogP contribution in [0.15, 0.2) is 47.4 Å². The Bertz CT molecular complexity index is 836. The smallest absolute Gasteiger partial charge is 0.872 e. The third kappa shape index (κ3) is 8.53. The van der Waals surface area contributed by atoms with Gasteiger partial charge in [-0.15, -0.1) is 5.75 Å². The van der Waals surface area contributed by atoms with Crippen molar-refractivity contribution >= 4 is 10.1 Å². The average Bonchev–Trinajstić information content (AvgIpc) is 2.61. The molecule has 0 spiro atoms. The van der Waals surface area contributed by atoms with Crippen molar-refractivity contribution in [3.05, 3.63) is 48.0 Å². The third-order valence-corrected chi connectivity index (χ3v) is 5.26. The molecule has 0 saturated heterocycles. The Morgan fingerprint density at radius 2 is 1.64 bits per heavy atom. The standard InChI is InChI=1S/C21H28O5S.Na/c1-2-3-4-5-6-7-8-10-17-13-14-20(21(15-17)27(23,24)25)26-19-12-9-11-18(22)16-19;/h9,11-16,22H,2-8,10H2,1H3,(H,23,24,25);/q;+1/p-1. The molecular formula is C21H27NaO5S. The van der Waals surface area contributed by atoms with Crippen LogP contribution in [0.5, 0.6) is 17.2 Å². The number of rotatable bonds is 11. The van der Waals surface area contributed by atoms with Gasteiger partial charge in [-0.25, -0.2) is 0 Å². The first-order valence-electron chi connectivity index (χ1n) is 9.45. The average molecular weight is 414 g/mol. The summed E-state index contributed by atoms with van der Waals surface area (Å²) in [6.45, 7) is 2.19. The van der Waals surface area contributed by atoms with E-state index in [2.05, 4.69) is 6.92 Å². The number of unbranched alkanes of at least 4 members (excludes halogenated alkanes) is 6. The quantitative estimate of drug-likeness (QED) is 0.346. The molecule has 5 nitrogen and oxygen atoms in total. The molecule has 7 heteroatoms. The Morgan fingerprint density at radius 1 is 0.964 bits per heavy atom. The molecule has 0 bridgehead atoms. The van der Waals surface area contributed by atoms with Gasteiger partial charge in [0.15, 0.2) is 0 Å². The van der Waals surface area contributed by atoms with Crippen LogP contribution in [-0.2, 0) is 16.5 Å². The fourth-order valence-corrected chi connectivity index (χ4v) is 3.61. The zero-order chi connectivity index (χ0) is 19.7. The van der Waals surface area contributed by atoms with Crippen molar-refractivity contribution in [3.63, 3.8) is 0 Å². The normalized spacial score (nSPS) is 11.1. The van der Waals surface area contributed by atoms with E-state index in [1.807, 2.05) is 0 Å². The molecule has 0 fully saturated rings. The second kappa shape index (κ2) is 12.5. The number of ether oxygens (including phenoxy) is 1. The molecule has 0 heterocycles. The maximum absolute atomic E-state index is 11.8. The first kappa shape index (κ1) is 25.0. The maximum atomic E-state index is 11.8. The molecule has 0 radical (unpaired) electrons. The monoisotopic (exact) mass is 414 g/mol. The van der Waals surface area contributed by atoms with Gasteiger partial charge in [-0.3, -0.25) is 4.55 Å². The van der Waals surface area contributed by atoms with Crippen LogP contribution in [-0.4, -0.2) is 13.0 Å². The van der Waals surface area contributed by atoms with E-state index in [9.17, 15) is 18.1 Å². The van der Waals surface area contributed by atoms with Crippen molar-refractivity contribution in [1.29, 1.82) is 0 Å². The van der Waals surface area contributed by atoms with E-state index >= 15 is 0 Å². The van der Waals surface area contributed by atoms with E-state index in [0.717, 1.165) is 24.8 Å². The molecule has 0 aromatic heterocycles. The van der Waals surface area contributed by atoms with E-state index in [1.54, 1.807) is 12.1 Å². The molecule has 0 aliphatic carbocycles. The zero-order valence-corrected chi connectivity index (χ0v) is 19.5. The summed E-state index contributed by atoms with van der Waals surface area (Å²) in [5, 5.41) is 11.4. The van der Waals surface area contributed by atoms with Crippen molar-refractivity contribution in [2.75, 3.05) is 0 Å². The van der Waals surface area contributed by atoms with Gasteiger partial charge in [-0.1, -0.05) is 63.6 Å². The summed E-state index contributed by atoms with van der Waals surface area (Å²) in [4.78, 5) is -0.278. The first-order valence-corrected chi connectivity index (χ1v) is 10.9. The van der Waals surface area contributed by atoms with Gasteiger partial charge in [-0.05, 0) is 42.7 Å². The van der Waals surface area contributed by atoms with Gasteiger partial charge in [0.1, 0.15) is 16.4 Å². The van der Waals surface area contributed by atoms with E-state index in [0.29, 0.717) is 0 Å². The minimum Gasteiger partial charge on any atom is -0.872 e. The van der Waals surface area contributed by atoms with Crippen molar-refractivity contribution in [3.8, 4) is 17.2 Å². The van der Waals surface area contributed by atoms with Crippen LogP contribution in [0.25, 0.3) is 0 Å². The van der Waals surface area contributed by atoms with Crippen LogP contribution < -0.4 is 39.4 Å². The summed E-state index contributed by atoms with van der Waals surface area (Å²) in [5.74, 6) is -0.00453. The minimum absolute atomic E-state index is 0. The van der Waals surface area contributed by atoms with Crippen LogP contribution in [0, 0.1) is 0 Å². The molecule has 148 valence electrons. The summed E-state index contributed by atoms with van der Waals surface area (Å²) < 4.78 is 38.6. The van der Waals surface area contributed by atoms with Gasteiger partial charge in [0.2, 0.25) is 0 Å². The van der Waals surface area contributed by atoms with Crippen molar-refractivity contribution in [2.24, 2.45) is 0 Å². The second-order valence-electron chi connectivity index (χ2n) is 6.70. The van der Waals surface area contributed by atoms with E-state index < -0.39 is 10.1 Å². The van der Waals surface area contributed by atoms with Crippen LogP contribution in [0.3, 0.4) is 0 Å². The van der Waals surface area contributed by atoms with Crippen LogP contribution >= 0.6 is 0 Å². The molecule has 1 N–H and O–H groups in total. The summed E-state index contributed by atoms with van der Waals surface area (Å²) in [7, 11) is -4.43. The summed E-state index contributed by atoms with van der Waals surface area (Å²) in [6, 6.07) is 10.5. The fourth-order valence-electron chi connectivity index (χ4n) is 2.94.